The first-order chi connectivity index (χ1) is 14.1. The second-order valence-corrected chi connectivity index (χ2v) is 7.65. The van der Waals surface area contributed by atoms with Gasteiger partial charge in [0, 0.05) is 7.11 Å². The molecule has 0 bridgehead atoms. The van der Waals surface area contributed by atoms with Gasteiger partial charge in [0.05, 0.1) is 37.8 Å². The molecule has 0 amide bonds. The Morgan fingerprint density at radius 1 is 1.07 bits per heavy atom. The van der Waals surface area contributed by atoms with Crippen molar-refractivity contribution in [2.45, 2.75) is 64.4 Å². The quantitative estimate of drug-likeness (QED) is 0.435. The fraction of sp³-hybridized carbons (Fsp3) is 0.636. The van der Waals surface area contributed by atoms with Gasteiger partial charge >= 0.3 is 11.9 Å². The van der Waals surface area contributed by atoms with E-state index in [1.165, 1.54) is 14.0 Å². The first kappa shape index (κ1) is 25.9. The third-order valence-electron chi connectivity index (χ3n) is 5.24. The van der Waals surface area contributed by atoms with E-state index < -0.39 is 36.2 Å². The molecule has 0 aliphatic rings. The number of aliphatic hydroxyl groups excluding tert-OH is 2. The van der Waals surface area contributed by atoms with Crippen LogP contribution in [0.1, 0.15) is 51.7 Å². The Labute approximate surface area is 177 Å². The molecule has 0 unspecified atom stereocenters. The van der Waals surface area contributed by atoms with Crippen LogP contribution in [0.15, 0.2) is 24.3 Å². The number of aromatic hydroxyl groups is 1. The molecule has 0 fully saturated rings. The number of phenolic OH excluding ortho intramolecular Hbond substituents is 1. The number of methoxy groups -OCH3 is 2. The van der Waals surface area contributed by atoms with Gasteiger partial charge in [0.15, 0.2) is 0 Å². The van der Waals surface area contributed by atoms with Gasteiger partial charge in [0.25, 0.3) is 0 Å². The number of esters is 2. The van der Waals surface area contributed by atoms with Crippen LogP contribution in [0.4, 0.5) is 0 Å². The summed E-state index contributed by atoms with van der Waals surface area (Å²) < 4.78 is 15.9. The first-order valence-corrected chi connectivity index (χ1v) is 10.1. The molecule has 170 valence electrons. The molecular weight excluding hydrogens is 392 g/mol. The number of hydrogen-bond donors (Lipinski definition) is 3. The van der Waals surface area contributed by atoms with E-state index in [4.69, 9.17) is 14.2 Å². The summed E-state index contributed by atoms with van der Waals surface area (Å²) in [4.78, 5) is 24.3. The Bertz CT molecular complexity index is 675. The SMILES string of the molecule is COC(=O)[C@H](C)[C@H](OC(=O)C[C@@H](O)[C@@H](C)O)[C@@H](C)CC[C@H](OC)c1cccc(O)c1. The zero-order chi connectivity index (χ0) is 22.8. The summed E-state index contributed by atoms with van der Waals surface area (Å²) in [5.41, 5.74) is 0.819. The van der Waals surface area contributed by atoms with E-state index in [2.05, 4.69) is 0 Å². The Morgan fingerprint density at radius 2 is 1.73 bits per heavy atom. The molecule has 3 N–H and O–H groups in total. The van der Waals surface area contributed by atoms with Crippen molar-refractivity contribution in [2.75, 3.05) is 14.2 Å². The molecule has 0 heterocycles. The van der Waals surface area contributed by atoms with Crippen molar-refractivity contribution in [3.05, 3.63) is 29.8 Å². The van der Waals surface area contributed by atoms with Crippen molar-refractivity contribution in [2.24, 2.45) is 11.8 Å². The van der Waals surface area contributed by atoms with Crippen LogP contribution in [0.2, 0.25) is 0 Å². The Kier molecular flexibility index (Phi) is 10.8. The fourth-order valence-electron chi connectivity index (χ4n) is 3.30. The third-order valence-corrected chi connectivity index (χ3v) is 5.24. The zero-order valence-electron chi connectivity index (χ0n) is 18.3. The van der Waals surface area contributed by atoms with Gasteiger partial charge in [-0.1, -0.05) is 19.1 Å². The van der Waals surface area contributed by atoms with Crippen LogP contribution < -0.4 is 0 Å². The summed E-state index contributed by atoms with van der Waals surface area (Å²) in [6, 6.07) is 6.79. The molecule has 0 aliphatic carbocycles. The standard InChI is InChI=1S/C22H34O8/c1-13(9-10-19(28-4)16-7-6-8-17(24)11-16)21(14(2)22(27)29-5)30-20(26)12-18(25)15(3)23/h6-8,11,13-15,18-19,21,23-25H,9-10,12H2,1-5H3/t13-,14+,15+,18+,19-,21+/m0/s1. The van der Waals surface area contributed by atoms with Crippen LogP contribution in [-0.2, 0) is 23.8 Å². The van der Waals surface area contributed by atoms with Gasteiger partial charge in [-0.15, -0.1) is 0 Å². The zero-order valence-corrected chi connectivity index (χ0v) is 18.3. The molecule has 0 saturated heterocycles. The minimum atomic E-state index is -1.24. The Hall–Kier alpha value is -2.16. The van der Waals surface area contributed by atoms with Gasteiger partial charge in [-0.25, -0.2) is 0 Å². The van der Waals surface area contributed by atoms with Crippen LogP contribution >= 0.6 is 0 Å². The summed E-state index contributed by atoms with van der Waals surface area (Å²) in [6.07, 6.45) is -2.61. The molecule has 0 aromatic heterocycles. The van der Waals surface area contributed by atoms with Crippen molar-refractivity contribution in [1.29, 1.82) is 0 Å². The predicted molar refractivity (Wildman–Crippen MR) is 110 cm³/mol. The maximum Gasteiger partial charge on any atom is 0.312 e. The van der Waals surface area contributed by atoms with Crippen molar-refractivity contribution in [3.63, 3.8) is 0 Å². The molecule has 8 nitrogen and oxygen atoms in total. The second-order valence-electron chi connectivity index (χ2n) is 7.65. The van der Waals surface area contributed by atoms with Crippen molar-refractivity contribution in [3.8, 4) is 5.75 Å². The number of benzene rings is 1. The molecule has 0 saturated carbocycles. The molecule has 30 heavy (non-hydrogen) atoms. The van der Waals surface area contributed by atoms with Crippen molar-refractivity contribution < 1.29 is 39.1 Å². The maximum absolute atomic E-state index is 12.2. The Balaban J connectivity index is 2.86. The van der Waals surface area contributed by atoms with Gasteiger partial charge in [-0.3, -0.25) is 9.59 Å². The largest absolute Gasteiger partial charge is 0.508 e. The lowest BCUT2D eigenvalue weighted by atomic mass is 9.88. The molecule has 0 spiro atoms. The van der Waals surface area contributed by atoms with E-state index in [0.717, 1.165) is 5.56 Å². The van der Waals surface area contributed by atoms with Crippen LogP contribution in [-0.4, -0.2) is 59.8 Å². The topological polar surface area (TPSA) is 123 Å². The number of carbonyl (C=O) groups excluding carboxylic acids is 2. The van der Waals surface area contributed by atoms with Gasteiger partial charge in [-0.05, 0) is 50.3 Å². The minimum Gasteiger partial charge on any atom is -0.508 e. The summed E-state index contributed by atoms with van der Waals surface area (Å²) in [6.45, 7) is 4.85. The molecule has 0 radical (unpaired) electrons. The smallest absolute Gasteiger partial charge is 0.312 e. The molecule has 1 rings (SSSR count). The highest BCUT2D eigenvalue weighted by atomic mass is 16.6. The number of aliphatic hydroxyl groups is 2. The van der Waals surface area contributed by atoms with Gasteiger partial charge in [-0.2, -0.15) is 0 Å². The fourth-order valence-corrected chi connectivity index (χ4v) is 3.30. The van der Waals surface area contributed by atoms with E-state index in [9.17, 15) is 24.9 Å². The highest BCUT2D eigenvalue weighted by Gasteiger charge is 2.34. The lowest BCUT2D eigenvalue weighted by molar-refractivity contribution is -0.165. The number of ether oxygens (including phenoxy) is 3. The predicted octanol–water partition coefficient (Wildman–Crippen LogP) is 2.35. The Morgan fingerprint density at radius 3 is 2.27 bits per heavy atom. The van der Waals surface area contributed by atoms with E-state index in [-0.39, 0.29) is 24.2 Å². The van der Waals surface area contributed by atoms with Gasteiger partial charge in [0.1, 0.15) is 11.9 Å². The van der Waals surface area contributed by atoms with Crippen molar-refractivity contribution in [1.82, 2.24) is 0 Å². The highest BCUT2D eigenvalue weighted by Crippen LogP contribution is 2.30. The first-order valence-electron chi connectivity index (χ1n) is 10.1. The van der Waals surface area contributed by atoms with Crippen molar-refractivity contribution >= 4 is 11.9 Å². The van der Waals surface area contributed by atoms with E-state index in [1.54, 1.807) is 32.2 Å². The van der Waals surface area contributed by atoms with E-state index in [0.29, 0.717) is 12.8 Å². The molecule has 1 aromatic carbocycles. The average Bonchev–Trinajstić information content (AvgIpc) is 2.71. The summed E-state index contributed by atoms with van der Waals surface area (Å²) in [5, 5.41) is 28.8. The number of carbonyl (C=O) groups is 2. The molecule has 8 heteroatoms. The van der Waals surface area contributed by atoms with Crippen LogP contribution in [0, 0.1) is 11.8 Å². The number of rotatable bonds is 12. The number of hydrogen-bond acceptors (Lipinski definition) is 8. The third kappa shape index (κ3) is 7.93. The maximum atomic E-state index is 12.2. The molecule has 0 aliphatic heterocycles. The molecule has 1 aromatic rings. The molecule has 6 atom stereocenters. The lowest BCUT2D eigenvalue weighted by Crippen LogP contribution is -2.38. The van der Waals surface area contributed by atoms with Gasteiger partial charge < -0.3 is 29.5 Å². The highest BCUT2D eigenvalue weighted by molar-refractivity contribution is 5.74. The summed E-state index contributed by atoms with van der Waals surface area (Å²) in [7, 11) is 2.84. The summed E-state index contributed by atoms with van der Waals surface area (Å²) >= 11 is 0. The average molecular weight is 427 g/mol. The number of phenols is 1. The minimum absolute atomic E-state index is 0.144. The van der Waals surface area contributed by atoms with Gasteiger partial charge in [0.2, 0.25) is 0 Å². The monoisotopic (exact) mass is 426 g/mol. The summed E-state index contributed by atoms with van der Waals surface area (Å²) in [5.74, 6) is -1.99. The molecular formula is C22H34O8. The van der Waals surface area contributed by atoms with Crippen LogP contribution in [0.5, 0.6) is 5.75 Å². The second kappa shape index (κ2) is 12.5. The lowest BCUT2D eigenvalue weighted by Gasteiger charge is -2.29. The van der Waals surface area contributed by atoms with Crippen LogP contribution in [0.3, 0.4) is 0 Å². The van der Waals surface area contributed by atoms with E-state index >= 15 is 0 Å². The van der Waals surface area contributed by atoms with Crippen LogP contribution in [0.25, 0.3) is 0 Å². The normalized spacial score (nSPS) is 17.3. The van der Waals surface area contributed by atoms with E-state index in [1.807, 2.05) is 13.0 Å².